The predicted octanol–water partition coefficient (Wildman–Crippen LogP) is 2.58. The first-order valence-corrected chi connectivity index (χ1v) is 8.99. The number of hydrogen-bond acceptors (Lipinski definition) is 3. The lowest BCUT2D eigenvalue weighted by Crippen LogP contribution is -2.33. The van der Waals surface area contributed by atoms with Crippen LogP contribution < -0.4 is 5.32 Å². The molecule has 0 aromatic heterocycles. The molecule has 1 fully saturated rings. The van der Waals surface area contributed by atoms with Gasteiger partial charge >= 0.3 is 0 Å². The maximum Gasteiger partial charge on any atom is 0.243 e. The average Bonchev–Trinajstić information content (AvgIpc) is 3.20. The summed E-state index contributed by atoms with van der Waals surface area (Å²) in [5.74, 6) is 0. The van der Waals surface area contributed by atoms with Crippen molar-refractivity contribution in [2.45, 2.75) is 64.1 Å². The number of nitrogens with zero attached hydrogens (tertiary/aromatic N) is 1. The van der Waals surface area contributed by atoms with Crippen molar-refractivity contribution in [2.24, 2.45) is 0 Å². The highest BCUT2D eigenvalue weighted by molar-refractivity contribution is 7.89. The van der Waals surface area contributed by atoms with Gasteiger partial charge in [-0.15, -0.1) is 0 Å². The van der Waals surface area contributed by atoms with Gasteiger partial charge in [-0.05, 0) is 63.3 Å². The molecule has 4 nitrogen and oxygen atoms in total. The molecule has 21 heavy (non-hydrogen) atoms. The fourth-order valence-electron chi connectivity index (χ4n) is 2.32. The quantitative estimate of drug-likeness (QED) is 0.878. The summed E-state index contributed by atoms with van der Waals surface area (Å²) >= 11 is 0. The SMILES string of the molecule is Cc1cc(C)c(S(=O)(=O)N(C)C(C)C)cc1CNC1CC1. The van der Waals surface area contributed by atoms with Crippen LogP contribution in [0.5, 0.6) is 0 Å². The van der Waals surface area contributed by atoms with Crippen LogP contribution in [-0.4, -0.2) is 31.9 Å². The van der Waals surface area contributed by atoms with E-state index >= 15 is 0 Å². The summed E-state index contributed by atoms with van der Waals surface area (Å²) in [6, 6.07) is 4.38. The minimum atomic E-state index is -3.43. The van der Waals surface area contributed by atoms with Crippen molar-refractivity contribution < 1.29 is 8.42 Å². The molecule has 5 heteroatoms. The van der Waals surface area contributed by atoms with Crippen molar-refractivity contribution in [1.82, 2.24) is 9.62 Å². The molecule has 0 radical (unpaired) electrons. The van der Waals surface area contributed by atoms with Crippen LogP contribution in [0.3, 0.4) is 0 Å². The lowest BCUT2D eigenvalue weighted by Gasteiger charge is -2.23. The lowest BCUT2D eigenvalue weighted by atomic mass is 10.1. The first-order valence-electron chi connectivity index (χ1n) is 7.55. The van der Waals surface area contributed by atoms with Gasteiger partial charge < -0.3 is 5.32 Å². The van der Waals surface area contributed by atoms with Gasteiger partial charge in [0, 0.05) is 25.7 Å². The van der Waals surface area contributed by atoms with E-state index in [4.69, 9.17) is 0 Å². The van der Waals surface area contributed by atoms with Crippen LogP contribution in [-0.2, 0) is 16.6 Å². The van der Waals surface area contributed by atoms with Crippen molar-refractivity contribution in [3.63, 3.8) is 0 Å². The van der Waals surface area contributed by atoms with Crippen LogP contribution in [0.15, 0.2) is 17.0 Å². The molecule has 0 atom stereocenters. The van der Waals surface area contributed by atoms with Gasteiger partial charge in [-0.25, -0.2) is 8.42 Å². The number of rotatable bonds is 6. The van der Waals surface area contributed by atoms with E-state index in [1.807, 2.05) is 39.8 Å². The topological polar surface area (TPSA) is 49.4 Å². The molecule has 0 unspecified atom stereocenters. The Labute approximate surface area is 128 Å². The zero-order valence-corrected chi connectivity index (χ0v) is 14.4. The summed E-state index contributed by atoms with van der Waals surface area (Å²) in [5, 5.41) is 3.46. The summed E-state index contributed by atoms with van der Waals surface area (Å²) in [4.78, 5) is 0.428. The molecule has 0 heterocycles. The standard InChI is InChI=1S/C16H26N2O2S/c1-11(2)18(5)21(19,20)16-9-14(10-17-15-6-7-15)12(3)8-13(16)4/h8-9,11,15,17H,6-7,10H2,1-5H3. The third-order valence-corrected chi connectivity index (χ3v) is 6.35. The molecule has 1 N–H and O–H groups in total. The minimum Gasteiger partial charge on any atom is -0.310 e. The molecule has 0 bridgehead atoms. The third kappa shape index (κ3) is 3.65. The normalized spacial score (nSPS) is 16.0. The van der Waals surface area contributed by atoms with E-state index in [0.717, 1.165) is 23.2 Å². The summed E-state index contributed by atoms with van der Waals surface area (Å²) in [6.45, 7) is 8.42. The molecule has 2 rings (SSSR count). The van der Waals surface area contributed by atoms with E-state index in [-0.39, 0.29) is 6.04 Å². The fraction of sp³-hybridized carbons (Fsp3) is 0.625. The van der Waals surface area contributed by atoms with Crippen LogP contribution in [0, 0.1) is 13.8 Å². The van der Waals surface area contributed by atoms with Gasteiger partial charge in [0.15, 0.2) is 0 Å². The zero-order chi connectivity index (χ0) is 15.8. The number of hydrogen-bond donors (Lipinski definition) is 1. The first kappa shape index (κ1) is 16.5. The Bertz CT molecular complexity index is 619. The largest absolute Gasteiger partial charge is 0.310 e. The molecule has 118 valence electrons. The lowest BCUT2D eigenvalue weighted by molar-refractivity contribution is 0.410. The maximum atomic E-state index is 12.7. The minimum absolute atomic E-state index is 0.0521. The number of nitrogens with one attached hydrogen (secondary N) is 1. The van der Waals surface area contributed by atoms with Gasteiger partial charge in [-0.3, -0.25) is 0 Å². The summed E-state index contributed by atoms with van der Waals surface area (Å²) < 4.78 is 26.9. The van der Waals surface area contributed by atoms with E-state index in [0.29, 0.717) is 10.9 Å². The van der Waals surface area contributed by atoms with Crippen molar-refractivity contribution in [3.05, 3.63) is 28.8 Å². The molecule has 0 aliphatic heterocycles. The van der Waals surface area contributed by atoms with Crippen molar-refractivity contribution in [2.75, 3.05) is 7.05 Å². The molecule has 1 aliphatic rings. The van der Waals surface area contributed by atoms with Gasteiger partial charge in [0.1, 0.15) is 0 Å². The first-order chi connectivity index (χ1) is 9.73. The van der Waals surface area contributed by atoms with Gasteiger partial charge in [-0.1, -0.05) is 6.07 Å². The molecular weight excluding hydrogens is 284 g/mol. The van der Waals surface area contributed by atoms with Crippen LogP contribution in [0.25, 0.3) is 0 Å². The second-order valence-corrected chi connectivity index (χ2v) is 8.28. The fourth-order valence-corrected chi connectivity index (χ4v) is 3.94. The second-order valence-electron chi connectivity index (χ2n) is 6.31. The molecular formula is C16H26N2O2S. The van der Waals surface area contributed by atoms with E-state index in [1.54, 1.807) is 7.05 Å². The zero-order valence-electron chi connectivity index (χ0n) is 13.6. The van der Waals surface area contributed by atoms with Crippen LogP contribution in [0.2, 0.25) is 0 Å². The van der Waals surface area contributed by atoms with Crippen molar-refractivity contribution in [3.8, 4) is 0 Å². The van der Waals surface area contributed by atoms with Crippen molar-refractivity contribution in [1.29, 1.82) is 0 Å². The highest BCUT2D eigenvalue weighted by Crippen LogP contribution is 2.25. The maximum absolute atomic E-state index is 12.7. The third-order valence-electron chi connectivity index (χ3n) is 4.18. The second kappa shape index (κ2) is 6.07. The van der Waals surface area contributed by atoms with Gasteiger partial charge in [-0.2, -0.15) is 4.31 Å². The number of aryl methyl sites for hydroxylation is 2. The van der Waals surface area contributed by atoms with Gasteiger partial charge in [0.2, 0.25) is 10.0 Å². The summed E-state index contributed by atoms with van der Waals surface area (Å²) in [5.41, 5.74) is 3.03. The smallest absolute Gasteiger partial charge is 0.243 e. The van der Waals surface area contributed by atoms with E-state index < -0.39 is 10.0 Å². The molecule has 1 saturated carbocycles. The Balaban J connectivity index is 2.35. The van der Waals surface area contributed by atoms with Crippen LogP contribution >= 0.6 is 0 Å². The van der Waals surface area contributed by atoms with Gasteiger partial charge in [0.05, 0.1) is 4.90 Å². The summed E-state index contributed by atoms with van der Waals surface area (Å²) in [7, 11) is -1.79. The van der Waals surface area contributed by atoms with E-state index in [2.05, 4.69) is 5.32 Å². The molecule has 1 aliphatic carbocycles. The molecule has 0 spiro atoms. The Morgan fingerprint density at radius 1 is 1.24 bits per heavy atom. The highest BCUT2D eigenvalue weighted by Gasteiger charge is 2.26. The van der Waals surface area contributed by atoms with Crippen LogP contribution in [0.4, 0.5) is 0 Å². The van der Waals surface area contributed by atoms with Crippen LogP contribution in [0.1, 0.15) is 43.4 Å². The Morgan fingerprint density at radius 3 is 2.38 bits per heavy atom. The Hall–Kier alpha value is -0.910. The van der Waals surface area contributed by atoms with Gasteiger partial charge in [0.25, 0.3) is 0 Å². The molecule has 0 saturated heterocycles. The van der Waals surface area contributed by atoms with E-state index in [9.17, 15) is 8.42 Å². The molecule has 0 amide bonds. The monoisotopic (exact) mass is 310 g/mol. The summed E-state index contributed by atoms with van der Waals surface area (Å²) in [6.07, 6.45) is 2.46. The van der Waals surface area contributed by atoms with Crippen molar-refractivity contribution >= 4 is 10.0 Å². The predicted molar refractivity (Wildman–Crippen MR) is 85.9 cm³/mol. The molecule has 1 aromatic carbocycles. The average molecular weight is 310 g/mol. The number of benzene rings is 1. The highest BCUT2D eigenvalue weighted by atomic mass is 32.2. The Kier molecular flexibility index (Phi) is 4.76. The number of sulfonamides is 1. The van der Waals surface area contributed by atoms with E-state index in [1.165, 1.54) is 17.1 Å². The molecule has 1 aromatic rings. The Morgan fingerprint density at radius 2 is 1.86 bits per heavy atom.